The van der Waals surface area contributed by atoms with Gasteiger partial charge in [0.15, 0.2) is 0 Å². The van der Waals surface area contributed by atoms with E-state index in [0.717, 1.165) is 12.3 Å². The van der Waals surface area contributed by atoms with Crippen LogP contribution in [-0.4, -0.2) is 36.0 Å². The first-order chi connectivity index (χ1) is 10.3. The molecule has 0 unspecified atom stereocenters. The minimum absolute atomic E-state index is 0.203. The highest BCUT2D eigenvalue weighted by Gasteiger charge is 2.32. The molecule has 1 N–H and O–H groups in total. The van der Waals surface area contributed by atoms with E-state index in [1.807, 2.05) is 5.43 Å². The predicted molar refractivity (Wildman–Crippen MR) is 75.1 cm³/mol. The lowest BCUT2D eigenvalue weighted by Crippen LogP contribution is -2.41. The van der Waals surface area contributed by atoms with Crippen LogP contribution in [-0.2, 0) is 15.8 Å². The molecule has 5 nitrogen and oxygen atoms in total. The molecule has 8 heteroatoms. The molecule has 0 heterocycles. The number of nitrogens with one attached hydrogen (secondary N) is 1. The van der Waals surface area contributed by atoms with E-state index in [-0.39, 0.29) is 5.56 Å². The summed E-state index contributed by atoms with van der Waals surface area (Å²) in [6.07, 6.45) is -3.67. The van der Waals surface area contributed by atoms with E-state index in [0.29, 0.717) is 13.1 Å². The van der Waals surface area contributed by atoms with Crippen molar-refractivity contribution in [2.75, 3.05) is 13.1 Å². The molecule has 0 radical (unpaired) electrons. The summed E-state index contributed by atoms with van der Waals surface area (Å²) in [6, 6.07) is 4.79. The number of hydrazone groups is 1. The van der Waals surface area contributed by atoms with Crippen LogP contribution < -0.4 is 5.43 Å². The maximum absolute atomic E-state index is 12.8. The molecule has 0 saturated carbocycles. The summed E-state index contributed by atoms with van der Waals surface area (Å²) in [5.74, 6) is -1.78. The molecule has 0 aromatic heterocycles. The average Bonchev–Trinajstić information content (AvgIpc) is 2.47. The van der Waals surface area contributed by atoms with E-state index >= 15 is 0 Å². The van der Waals surface area contributed by atoms with Gasteiger partial charge in [-0.25, -0.2) is 5.43 Å². The number of alkyl halides is 3. The van der Waals surface area contributed by atoms with Crippen LogP contribution in [0.5, 0.6) is 0 Å². The summed E-state index contributed by atoms with van der Waals surface area (Å²) in [4.78, 5) is 24.4. The Morgan fingerprint density at radius 3 is 2.36 bits per heavy atom. The van der Waals surface area contributed by atoms with Crippen molar-refractivity contribution in [1.29, 1.82) is 0 Å². The van der Waals surface area contributed by atoms with Crippen molar-refractivity contribution in [2.45, 2.75) is 20.0 Å². The van der Waals surface area contributed by atoms with Gasteiger partial charge in [-0.15, -0.1) is 0 Å². The highest BCUT2D eigenvalue weighted by Crippen LogP contribution is 2.30. The van der Waals surface area contributed by atoms with Crippen LogP contribution in [0, 0.1) is 0 Å². The molecule has 0 bridgehead atoms. The third kappa shape index (κ3) is 4.57. The number of carbonyl (C=O) groups is 2. The summed E-state index contributed by atoms with van der Waals surface area (Å²) in [6.45, 7) is 4.11. The molecule has 1 aromatic carbocycles. The molecule has 22 heavy (non-hydrogen) atoms. The van der Waals surface area contributed by atoms with E-state index in [2.05, 4.69) is 5.10 Å². The third-order valence-corrected chi connectivity index (χ3v) is 2.88. The Morgan fingerprint density at radius 1 is 1.23 bits per heavy atom. The molecule has 2 amide bonds. The molecule has 0 saturated heterocycles. The standard InChI is InChI=1S/C14H16F3N3O2/c1-3-20(4-2)13(22)12(21)19-18-9-10-7-5-6-8-11(10)14(15,16)17/h5-9H,3-4H2,1-2H3,(H,19,21). The topological polar surface area (TPSA) is 61.8 Å². The summed E-state index contributed by atoms with van der Waals surface area (Å²) in [5.41, 5.74) is 0.855. The van der Waals surface area contributed by atoms with Crippen molar-refractivity contribution in [3.63, 3.8) is 0 Å². The Morgan fingerprint density at radius 2 is 1.82 bits per heavy atom. The zero-order chi connectivity index (χ0) is 16.8. The SMILES string of the molecule is CCN(CC)C(=O)C(=O)NN=Cc1ccccc1C(F)(F)F. The van der Waals surface area contributed by atoms with Gasteiger partial charge >= 0.3 is 18.0 Å². The first kappa shape index (κ1) is 17.7. The van der Waals surface area contributed by atoms with Crippen molar-refractivity contribution in [2.24, 2.45) is 5.10 Å². The fourth-order valence-corrected chi connectivity index (χ4v) is 1.73. The lowest BCUT2D eigenvalue weighted by atomic mass is 10.1. The van der Waals surface area contributed by atoms with Crippen molar-refractivity contribution >= 4 is 18.0 Å². The Bertz CT molecular complexity index is 567. The van der Waals surface area contributed by atoms with Gasteiger partial charge in [0.2, 0.25) is 0 Å². The van der Waals surface area contributed by atoms with Gasteiger partial charge in [-0.3, -0.25) is 9.59 Å². The second-order valence-corrected chi connectivity index (χ2v) is 4.26. The predicted octanol–water partition coefficient (Wildman–Crippen LogP) is 2.02. The van der Waals surface area contributed by atoms with Gasteiger partial charge in [-0.05, 0) is 19.9 Å². The summed E-state index contributed by atoms with van der Waals surface area (Å²) < 4.78 is 38.3. The highest BCUT2D eigenvalue weighted by molar-refractivity contribution is 6.34. The lowest BCUT2D eigenvalue weighted by molar-refractivity contribution is -0.145. The van der Waals surface area contributed by atoms with Gasteiger partial charge in [-0.2, -0.15) is 18.3 Å². The van der Waals surface area contributed by atoms with E-state index in [4.69, 9.17) is 0 Å². The molecule has 1 rings (SSSR count). The molecule has 0 atom stereocenters. The first-order valence-electron chi connectivity index (χ1n) is 6.59. The molecule has 120 valence electrons. The van der Waals surface area contributed by atoms with Gasteiger partial charge in [0.1, 0.15) is 0 Å². The normalized spacial score (nSPS) is 11.5. The Labute approximate surface area is 125 Å². The van der Waals surface area contributed by atoms with Gasteiger partial charge < -0.3 is 4.90 Å². The zero-order valence-corrected chi connectivity index (χ0v) is 12.1. The largest absolute Gasteiger partial charge is 0.417 e. The lowest BCUT2D eigenvalue weighted by Gasteiger charge is -2.16. The molecular formula is C14H16F3N3O2. The second-order valence-electron chi connectivity index (χ2n) is 4.26. The second kappa shape index (κ2) is 7.58. The van der Waals surface area contributed by atoms with E-state index in [9.17, 15) is 22.8 Å². The number of carbonyl (C=O) groups excluding carboxylic acids is 2. The number of nitrogens with zero attached hydrogens (tertiary/aromatic N) is 2. The molecule has 0 aliphatic heterocycles. The maximum Gasteiger partial charge on any atom is 0.417 e. The minimum Gasteiger partial charge on any atom is -0.335 e. The number of amides is 2. The van der Waals surface area contributed by atoms with Crippen LogP contribution in [0.15, 0.2) is 29.4 Å². The zero-order valence-electron chi connectivity index (χ0n) is 12.1. The number of likely N-dealkylation sites (N-methyl/N-ethyl adjacent to an activating group) is 1. The smallest absolute Gasteiger partial charge is 0.335 e. The Balaban J connectivity index is 2.79. The monoisotopic (exact) mass is 315 g/mol. The number of hydrogen-bond acceptors (Lipinski definition) is 3. The third-order valence-electron chi connectivity index (χ3n) is 2.88. The Hall–Kier alpha value is -2.38. The van der Waals surface area contributed by atoms with Crippen LogP contribution in [0.25, 0.3) is 0 Å². The van der Waals surface area contributed by atoms with Gasteiger partial charge in [0.25, 0.3) is 0 Å². The molecule has 0 aliphatic carbocycles. The molecular weight excluding hydrogens is 299 g/mol. The van der Waals surface area contributed by atoms with Crippen LogP contribution in [0.4, 0.5) is 13.2 Å². The van der Waals surface area contributed by atoms with Crippen LogP contribution in [0.1, 0.15) is 25.0 Å². The van der Waals surface area contributed by atoms with Crippen molar-refractivity contribution in [1.82, 2.24) is 10.3 Å². The Kier molecular flexibility index (Phi) is 6.09. The van der Waals surface area contributed by atoms with Crippen molar-refractivity contribution in [3.8, 4) is 0 Å². The van der Waals surface area contributed by atoms with Gasteiger partial charge in [-0.1, -0.05) is 18.2 Å². The quantitative estimate of drug-likeness (QED) is 0.525. The summed E-state index contributed by atoms with van der Waals surface area (Å²) >= 11 is 0. The highest BCUT2D eigenvalue weighted by atomic mass is 19.4. The number of benzene rings is 1. The van der Waals surface area contributed by atoms with Crippen molar-refractivity contribution in [3.05, 3.63) is 35.4 Å². The number of rotatable bonds is 4. The number of hydrogen-bond donors (Lipinski definition) is 1. The first-order valence-corrected chi connectivity index (χ1v) is 6.59. The number of halogens is 3. The van der Waals surface area contributed by atoms with Gasteiger partial charge in [0, 0.05) is 18.7 Å². The van der Waals surface area contributed by atoms with Crippen molar-refractivity contribution < 1.29 is 22.8 Å². The summed E-state index contributed by atoms with van der Waals surface area (Å²) in [7, 11) is 0. The van der Waals surface area contributed by atoms with Crippen LogP contribution in [0.3, 0.4) is 0 Å². The van der Waals surface area contributed by atoms with Crippen LogP contribution in [0.2, 0.25) is 0 Å². The molecule has 0 spiro atoms. The fraction of sp³-hybridized carbons (Fsp3) is 0.357. The van der Waals surface area contributed by atoms with E-state index in [1.165, 1.54) is 23.1 Å². The minimum atomic E-state index is -4.52. The van der Waals surface area contributed by atoms with Crippen LogP contribution >= 0.6 is 0 Å². The molecule has 1 aromatic rings. The van der Waals surface area contributed by atoms with E-state index < -0.39 is 23.6 Å². The van der Waals surface area contributed by atoms with Gasteiger partial charge in [0.05, 0.1) is 11.8 Å². The van der Waals surface area contributed by atoms with E-state index in [1.54, 1.807) is 13.8 Å². The average molecular weight is 315 g/mol. The maximum atomic E-state index is 12.8. The fourth-order valence-electron chi connectivity index (χ4n) is 1.73. The summed E-state index contributed by atoms with van der Waals surface area (Å²) in [5, 5.41) is 3.42. The molecule has 0 fully saturated rings. The molecule has 0 aliphatic rings.